The maximum absolute atomic E-state index is 5.96. The van der Waals surface area contributed by atoms with E-state index in [4.69, 9.17) is 9.47 Å². The molecule has 0 unspecified atom stereocenters. The molecule has 0 radical (unpaired) electrons. The van der Waals surface area contributed by atoms with Gasteiger partial charge in [-0.25, -0.2) is 4.98 Å². The molecule has 0 aliphatic carbocycles. The van der Waals surface area contributed by atoms with Crippen LogP contribution in [0.5, 0.6) is 17.4 Å². The van der Waals surface area contributed by atoms with Crippen molar-refractivity contribution in [3.8, 4) is 17.4 Å². The van der Waals surface area contributed by atoms with Crippen LogP contribution in [0, 0.1) is 27.7 Å². The Hall–Kier alpha value is -2.03. The second-order valence-electron chi connectivity index (χ2n) is 4.79. The van der Waals surface area contributed by atoms with E-state index in [9.17, 15) is 0 Å². The van der Waals surface area contributed by atoms with Crippen LogP contribution in [0.2, 0.25) is 0 Å². The average molecular weight is 257 g/mol. The van der Waals surface area contributed by atoms with Gasteiger partial charge in [0.25, 0.3) is 5.88 Å². The molecule has 2 aromatic rings. The highest BCUT2D eigenvalue weighted by atomic mass is 16.5. The molecule has 0 amide bonds. The minimum atomic E-state index is 0.512. The topological polar surface area (TPSA) is 31.4 Å². The summed E-state index contributed by atoms with van der Waals surface area (Å²) in [5, 5.41) is 0. The number of aromatic nitrogens is 1. The van der Waals surface area contributed by atoms with Gasteiger partial charge in [-0.3, -0.25) is 0 Å². The molecule has 0 spiro atoms. The molecule has 19 heavy (non-hydrogen) atoms. The van der Waals surface area contributed by atoms with Crippen molar-refractivity contribution in [3.63, 3.8) is 0 Å². The van der Waals surface area contributed by atoms with E-state index in [1.165, 1.54) is 5.56 Å². The van der Waals surface area contributed by atoms with Crippen molar-refractivity contribution in [2.75, 3.05) is 7.11 Å². The van der Waals surface area contributed by atoms with E-state index in [0.717, 1.165) is 22.6 Å². The third-order valence-corrected chi connectivity index (χ3v) is 2.99. The number of hydrogen-bond acceptors (Lipinski definition) is 3. The standard InChI is InChI=1S/C16H19NO2/c1-10-8-11(2)15(12(3)9-10)19-16-14(18-5)7-6-13(4)17-16/h6-9H,1-5H3. The fourth-order valence-corrected chi connectivity index (χ4v) is 2.17. The quantitative estimate of drug-likeness (QED) is 0.829. The lowest BCUT2D eigenvalue weighted by Crippen LogP contribution is -1.98. The van der Waals surface area contributed by atoms with Gasteiger partial charge in [0.05, 0.1) is 7.11 Å². The van der Waals surface area contributed by atoms with E-state index in [-0.39, 0.29) is 0 Å². The minimum Gasteiger partial charge on any atom is -0.491 e. The van der Waals surface area contributed by atoms with Crippen molar-refractivity contribution in [2.24, 2.45) is 0 Å². The number of nitrogens with zero attached hydrogens (tertiary/aromatic N) is 1. The molecule has 0 saturated heterocycles. The first kappa shape index (κ1) is 13.4. The molecule has 0 saturated carbocycles. The van der Waals surface area contributed by atoms with Gasteiger partial charge in [0, 0.05) is 5.69 Å². The number of aryl methyl sites for hydroxylation is 4. The lowest BCUT2D eigenvalue weighted by atomic mass is 10.1. The number of benzene rings is 1. The van der Waals surface area contributed by atoms with E-state index in [2.05, 4.69) is 24.0 Å². The molecular formula is C16H19NO2. The lowest BCUT2D eigenvalue weighted by Gasteiger charge is -2.14. The molecule has 2 rings (SSSR count). The summed E-state index contributed by atoms with van der Waals surface area (Å²) >= 11 is 0. The monoisotopic (exact) mass is 257 g/mol. The molecule has 0 fully saturated rings. The average Bonchev–Trinajstić information content (AvgIpc) is 2.34. The highest BCUT2D eigenvalue weighted by Crippen LogP contribution is 2.33. The predicted molar refractivity (Wildman–Crippen MR) is 76.3 cm³/mol. The summed E-state index contributed by atoms with van der Waals surface area (Å²) in [5.74, 6) is 2.00. The molecule has 100 valence electrons. The zero-order valence-electron chi connectivity index (χ0n) is 12.1. The maximum atomic E-state index is 5.96. The first-order valence-corrected chi connectivity index (χ1v) is 6.28. The number of methoxy groups -OCH3 is 1. The Bertz CT molecular complexity index is 583. The number of pyridine rings is 1. The number of hydrogen-bond donors (Lipinski definition) is 0. The summed E-state index contributed by atoms with van der Waals surface area (Å²) in [6.07, 6.45) is 0. The molecule has 0 N–H and O–H groups in total. The van der Waals surface area contributed by atoms with Gasteiger partial charge < -0.3 is 9.47 Å². The normalized spacial score (nSPS) is 10.4. The zero-order valence-corrected chi connectivity index (χ0v) is 12.1. The molecular weight excluding hydrogens is 238 g/mol. The van der Waals surface area contributed by atoms with Gasteiger partial charge in [-0.15, -0.1) is 0 Å². The van der Waals surface area contributed by atoms with Crippen LogP contribution in [0.15, 0.2) is 24.3 Å². The first-order valence-electron chi connectivity index (χ1n) is 6.28. The van der Waals surface area contributed by atoms with E-state index in [1.54, 1.807) is 7.11 Å². The van der Waals surface area contributed by atoms with Crippen LogP contribution < -0.4 is 9.47 Å². The van der Waals surface area contributed by atoms with Gasteiger partial charge in [-0.1, -0.05) is 17.7 Å². The van der Waals surface area contributed by atoms with Crippen LogP contribution in [-0.2, 0) is 0 Å². The predicted octanol–water partition coefficient (Wildman–Crippen LogP) is 4.12. The van der Waals surface area contributed by atoms with Crippen molar-refractivity contribution >= 4 is 0 Å². The fourth-order valence-electron chi connectivity index (χ4n) is 2.17. The van der Waals surface area contributed by atoms with Crippen LogP contribution in [0.3, 0.4) is 0 Å². The molecule has 0 aliphatic rings. The lowest BCUT2D eigenvalue weighted by molar-refractivity contribution is 0.367. The van der Waals surface area contributed by atoms with Crippen molar-refractivity contribution in [2.45, 2.75) is 27.7 Å². The largest absolute Gasteiger partial charge is 0.491 e. The zero-order chi connectivity index (χ0) is 14.0. The van der Waals surface area contributed by atoms with Gasteiger partial charge in [0.1, 0.15) is 5.75 Å². The molecule has 0 aliphatic heterocycles. The third-order valence-electron chi connectivity index (χ3n) is 2.99. The second kappa shape index (κ2) is 5.31. The van der Waals surface area contributed by atoms with Crippen molar-refractivity contribution in [3.05, 3.63) is 46.6 Å². The summed E-state index contributed by atoms with van der Waals surface area (Å²) in [5.41, 5.74) is 4.33. The molecule has 1 aromatic heterocycles. The molecule has 3 heteroatoms. The molecule has 1 aromatic carbocycles. The Kier molecular flexibility index (Phi) is 3.74. The van der Waals surface area contributed by atoms with Crippen molar-refractivity contribution in [1.82, 2.24) is 4.98 Å². The molecule has 1 heterocycles. The Morgan fingerprint density at radius 3 is 2.16 bits per heavy atom. The summed E-state index contributed by atoms with van der Waals surface area (Å²) in [6.45, 7) is 8.09. The van der Waals surface area contributed by atoms with Crippen molar-refractivity contribution in [1.29, 1.82) is 0 Å². The third kappa shape index (κ3) is 2.87. The minimum absolute atomic E-state index is 0.512. The van der Waals surface area contributed by atoms with Crippen LogP contribution in [0.1, 0.15) is 22.4 Å². The van der Waals surface area contributed by atoms with Crippen molar-refractivity contribution < 1.29 is 9.47 Å². The van der Waals surface area contributed by atoms with Crippen LogP contribution in [-0.4, -0.2) is 12.1 Å². The van der Waals surface area contributed by atoms with E-state index in [1.807, 2.05) is 32.9 Å². The van der Waals surface area contributed by atoms with Gasteiger partial charge in [-0.05, 0) is 51.0 Å². The molecule has 0 bridgehead atoms. The van der Waals surface area contributed by atoms with Gasteiger partial charge in [0.2, 0.25) is 0 Å². The summed E-state index contributed by atoms with van der Waals surface area (Å²) in [6, 6.07) is 7.98. The molecule has 0 atom stereocenters. The van der Waals surface area contributed by atoms with E-state index < -0.39 is 0 Å². The second-order valence-corrected chi connectivity index (χ2v) is 4.79. The Morgan fingerprint density at radius 1 is 0.947 bits per heavy atom. The van der Waals surface area contributed by atoms with Gasteiger partial charge in [-0.2, -0.15) is 0 Å². The summed E-state index contributed by atoms with van der Waals surface area (Å²) in [4.78, 5) is 4.40. The number of ether oxygens (including phenoxy) is 2. The number of rotatable bonds is 3. The van der Waals surface area contributed by atoms with Crippen LogP contribution in [0.25, 0.3) is 0 Å². The van der Waals surface area contributed by atoms with E-state index >= 15 is 0 Å². The van der Waals surface area contributed by atoms with Crippen LogP contribution >= 0.6 is 0 Å². The van der Waals surface area contributed by atoms with Gasteiger partial charge >= 0.3 is 0 Å². The fraction of sp³-hybridized carbons (Fsp3) is 0.312. The Labute approximate surface area is 114 Å². The highest BCUT2D eigenvalue weighted by Gasteiger charge is 2.11. The van der Waals surface area contributed by atoms with Crippen LogP contribution in [0.4, 0.5) is 0 Å². The van der Waals surface area contributed by atoms with E-state index in [0.29, 0.717) is 11.6 Å². The summed E-state index contributed by atoms with van der Waals surface area (Å²) < 4.78 is 11.3. The van der Waals surface area contributed by atoms with Gasteiger partial charge in [0.15, 0.2) is 5.75 Å². The maximum Gasteiger partial charge on any atom is 0.262 e. The Balaban J connectivity index is 2.44. The smallest absolute Gasteiger partial charge is 0.262 e. The SMILES string of the molecule is COc1ccc(C)nc1Oc1c(C)cc(C)cc1C. The first-order chi connectivity index (χ1) is 9.01. The Morgan fingerprint density at radius 2 is 1.58 bits per heavy atom. The molecule has 3 nitrogen and oxygen atoms in total. The summed E-state index contributed by atoms with van der Waals surface area (Å²) in [7, 11) is 1.62. The highest BCUT2D eigenvalue weighted by molar-refractivity contribution is 5.47.